The smallest absolute Gasteiger partial charge is 0.302 e. The zero-order valence-corrected chi connectivity index (χ0v) is 14.9. The van der Waals surface area contributed by atoms with E-state index in [-0.39, 0.29) is 6.61 Å². The lowest BCUT2D eigenvalue weighted by Gasteiger charge is -2.15. The number of rotatable bonds is 6. The normalized spacial score (nSPS) is 24.5. The second kappa shape index (κ2) is 7.54. The highest BCUT2D eigenvalue weighted by Crippen LogP contribution is 2.32. The number of carbonyl (C=O) groups excluding carboxylic acids is 1. The van der Waals surface area contributed by atoms with Gasteiger partial charge in [-0.25, -0.2) is 14.6 Å². The van der Waals surface area contributed by atoms with Crippen molar-refractivity contribution in [3.8, 4) is 0 Å². The van der Waals surface area contributed by atoms with Crippen LogP contribution in [-0.4, -0.2) is 60.8 Å². The summed E-state index contributed by atoms with van der Waals surface area (Å²) in [4.78, 5) is 19.4. The standard InChI is InChI=1S/C17H19N5O6/c1-9(23)27-7-12-13(24)14(25)17(28-12)22-16-11(6-21-22)15(19-8-20-16)18-5-10-3-2-4-26-10/h2-4,6,8,12-14,17,24-25H,5,7H2,1H3,(H,18,19,20)/t12-,13-,14-,17-/m1/s1. The Morgan fingerprint density at radius 2 is 2.21 bits per heavy atom. The molecule has 1 aliphatic rings. The molecule has 0 amide bonds. The quantitative estimate of drug-likeness (QED) is 0.500. The largest absolute Gasteiger partial charge is 0.467 e. The van der Waals surface area contributed by atoms with Crippen LogP contribution in [0.4, 0.5) is 5.82 Å². The fourth-order valence-electron chi connectivity index (χ4n) is 3.04. The van der Waals surface area contributed by atoms with Crippen molar-refractivity contribution < 1.29 is 28.9 Å². The average Bonchev–Trinajstić information content (AvgIpc) is 3.40. The predicted octanol–water partition coefficient (Wildman–Crippen LogP) is 0.214. The van der Waals surface area contributed by atoms with E-state index in [2.05, 4.69) is 20.4 Å². The molecule has 1 fully saturated rings. The van der Waals surface area contributed by atoms with Crippen LogP contribution in [0.25, 0.3) is 11.0 Å². The van der Waals surface area contributed by atoms with Crippen molar-refractivity contribution in [3.05, 3.63) is 36.7 Å². The maximum atomic E-state index is 11.0. The molecule has 0 unspecified atom stereocenters. The maximum absolute atomic E-state index is 11.0. The van der Waals surface area contributed by atoms with Crippen LogP contribution in [0.1, 0.15) is 18.9 Å². The topological polar surface area (TPSA) is 145 Å². The highest BCUT2D eigenvalue weighted by Gasteiger charge is 2.45. The van der Waals surface area contributed by atoms with Crippen molar-refractivity contribution in [2.75, 3.05) is 11.9 Å². The SMILES string of the molecule is CC(=O)OC[C@H]1O[C@@H](n2ncc3c(NCc4ccco4)ncnc32)[C@H](O)[C@@H]1O. The van der Waals surface area contributed by atoms with E-state index >= 15 is 0 Å². The Morgan fingerprint density at radius 3 is 2.96 bits per heavy atom. The second-order valence-corrected chi connectivity index (χ2v) is 6.33. The van der Waals surface area contributed by atoms with E-state index in [0.717, 1.165) is 5.76 Å². The van der Waals surface area contributed by atoms with Gasteiger partial charge >= 0.3 is 5.97 Å². The van der Waals surface area contributed by atoms with Crippen LogP contribution in [0.5, 0.6) is 0 Å². The number of aromatic nitrogens is 4. The Hall–Kier alpha value is -3.02. The van der Waals surface area contributed by atoms with Crippen molar-refractivity contribution in [1.29, 1.82) is 0 Å². The summed E-state index contributed by atoms with van der Waals surface area (Å²) in [6, 6.07) is 3.63. The zero-order chi connectivity index (χ0) is 19.7. The van der Waals surface area contributed by atoms with Crippen LogP contribution in [0.2, 0.25) is 0 Å². The van der Waals surface area contributed by atoms with Crippen LogP contribution >= 0.6 is 0 Å². The molecule has 11 heteroatoms. The van der Waals surface area contributed by atoms with E-state index in [4.69, 9.17) is 13.9 Å². The predicted molar refractivity (Wildman–Crippen MR) is 93.9 cm³/mol. The van der Waals surface area contributed by atoms with Crippen LogP contribution in [-0.2, 0) is 20.8 Å². The van der Waals surface area contributed by atoms with Gasteiger partial charge in [-0.15, -0.1) is 0 Å². The maximum Gasteiger partial charge on any atom is 0.302 e. The number of fused-ring (bicyclic) bond motifs is 1. The lowest BCUT2D eigenvalue weighted by atomic mass is 10.1. The Labute approximate surface area is 158 Å². The highest BCUT2D eigenvalue weighted by atomic mass is 16.6. The minimum atomic E-state index is -1.27. The molecule has 1 saturated heterocycles. The second-order valence-electron chi connectivity index (χ2n) is 6.33. The molecule has 3 N–H and O–H groups in total. The van der Waals surface area contributed by atoms with Crippen LogP contribution in [0, 0.1) is 0 Å². The summed E-state index contributed by atoms with van der Waals surface area (Å²) in [5.41, 5.74) is 0.418. The molecule has 0 radical (unpaired) electrons. The number of aliphatic hydroxyl groups excluding tert-OH is 2. The Balaban J connectivity index is 1.56. The number of anilines is 1. The van der Waals surface area contributed by atoms with Gasteiger partial charge in [-0.05, 0) is 12.1 Å². The summed E-state index contributed by atoms with van der Waals surface area (Å²) in [6.45, 7) is 1.51. The summed E-state index contributed by atoms with van der Waals surface area (Å²) in [6.07, 6.45) is 0.129. The fourth-order valence-corrected chi connectivity index (χ4v) is 3.04. The fraction of sp³-hybridized carbons (Fsp3) is 0.412. The van der Waals surface area contributed by atoms with Crippen LogP contribution < -0.4 is 5.32 Å². The summed E-state index contributed by atoms with van der Waals surface area (Å²) < 4.78 is 17.2. The molecule has 0 aliphatic carbocycles. The first-order valence-corrected chi connectivity index (χ1v) is 8.64. The van der Waals surface area contributed by atoms with Crippen LogP contribution in [0.3, 0.4) is 0 Å². The van der Waals surface area contributed by atoms with Crippen molar-refractivity contribution in [1.82, 2.24) is 19.7 Å². The highest BCUT2D eigenvalue weighted by molar-refractivity contribution is 5.86. The van der Waals surface area contributed by atoms with E-state index in [1.165, 1.54) is 17.9 Å². The average molecular weight is 389 g/mol. The molecule has 4 atom stereocenters. The number of furan rings is 1. The number of nitrogens with one attached hydrogen (secondary N) is 1. The van der Waals surface area contributed by atoms with E-state index in [0.29, 0.717) is 23.4 Å². The summed E-state index contributed by atoms with van der Waals surface area (Å²) in [5.74, 6) is 0.778. The number of carbonyl (C=O) groups is 1. The molecule has 3 aromatic rings. The monoisotopic (exact) mass is 389 g/mol. The van der Waals surface area contributed by atoms with Crippen molar-refractivity contribution in [2.45, 2.75) is 38.0 Å². The number of ether oxygens (including phenoxy) is 2. The molecule has 11 nitrogen and oxygen atoms in total. The Bertz CT molecular complexity index is 958. The first kappa shape index (κ1) is 18.3. The minimum Gasteiger partial charge on any atom is -0.467 e. The third-order valence-corrected chi connectivity index (χ3v) is 4.43. The minimum absolute atomic E-state index is 0.172. The molecule has 148 valence electrons. The van der Waals surface area contributed by atoms with Gasteiger partial charge in [-0.3, -0.25) is 4.79 Å². The van der Waals surface area contributed by atoms with Gasteiger partial charge in [0.05, 0.1) is 24.4 Å². The van der Waals surface area contributed by atoms with Crippen molar-refractivity contribution >= 4 is 22.8 Å². The van der Waals surface area contributed by atoms with Gasteiger partial charge in [-0.1, -0.05) is 0 Å². The Kier molecular flexibility index (Phi) is 4.94. The molecule has 0 spiro atoms. The molecule has 4 rings (SSSR count). The number of esters is 1. The van der Waals surface area contributed by atoms with Crippen molar-refractivity contribution in [3.63, 3.8) is 0 Å². The number of hydrogen-bond donors (Lipinski definition) is 3. The number of nitrogens with zero attached hydrogens (tertiary/aromatic N) is 4. The lowest BCUT2D eigenvalue weighted by Crippen LogP contribution is -2.34. The molecule has 4 heterocycles. The lowest BCUT2D eigenvalue weighted by molar-refractivity contribution is -0.147. The summed E-state index contributed by atoms with van der Waals surface area (Å²) in [5, 5.41) is 28.6. The summed E-state index contributed by atoms with van der Waals surface area (Å²) >= 11 is 0. The molecular weight excluding hydrogens is 370 g/mol. The van der Waals surface area contributed by atoms with E-state index in [1.807, 2.05) is 6.07 Å². The Morgan fingerprint density at radius 1 is 1.36 bits per heavy atom. The zero-order valence-electron chi connectivity index (χ0n) is 14.9. The molecule has 28 heavy (non-hydrogen) atoms. The molecule has 0 bridgehead atoms. The third kappa shape index (κ3) is 3.42. The number of hydrogen-bond acceptors (Lipinski definition) is 10. The summed E-state index contributed by atoms with van der Waals surface area (Å²) in [7, 11) is 0. The van der Waals surface area contributed by atoms with E-state index < -0.39 is 30.5 Å². The molecular formula is C17H19N5O6. The molecule has 0 saturated carbocycles. The molecule has 0 aromatic carbocycles. The third-order valence-electron chi connectivity index (χ3n) is 4.43. The first-order valence-electron chi connectivity index (χ1n) is 8.64. The van der Waals surface area contributed by atoms with Gasteiger partial charge in [-0.2, -0.15) is 5.10 Å². The number of aliphatic hydroxyl groups is 2. The van der Waals surface area contributed by atoms with Gasteiger partial charge in [0.1, 0.15) is 42.8 Å². The van der Waals surface area contributed by atoms with Gasteiger partial charge in [0, 0.05) is 6.92 Å². The van der Waals surface area contributed by atoms with Crippen molar-refractivity contribution in [2.24, 2.45) is 0 Å². The van der Waals surface area contributed by atoms with Gasteiger partial charge in [0.15, 0.2) is 11.9 Å². The van der Waals surface area contributed by atoms with E-state index in [1.54, 1.807) is 18.5 Å². The van der Waals surface area contributed by atoms with Gasteiger partial charge in [0.25, 0.3) is 0 Å². The molecule has 3 aromatic heterocycles. The molecule has 1 aliphatic heterocycles. The van der Waals surface area contributed by atoms with Crippen LogP contribution in [0.15, 0.2) is 35.3 Å². The van der Waals surface area contributed by atoms with E-state index in [9.17, 15) is 15.0 Å². The van der Waals surface area contributed by atoms with Gasteiger partial charge in [0.2, 0.25) is 0 Å². The first-order chi connectivity index (χ1) is 13.5. The van der Waals surface area contributed by atoms with Gasteiger partial charge < -0.3 is 29.4 Å².